The fourth-order valence-electron chi connectivity index (χ4n) is 3.41. The number of hydrogen-bond acceptors (Lipinski definition) is 3. The summed E-state index contributed by atoms with van der Waals surface area (Å²) in [4.78, 5) is 31.7. The maximum absolute atomic E-state index is 13.0. The Kier molecular flexibility index (Phi) is 4.39. The molecule has 6 heteroatoms. The molecule has 1 aliphatic heterocycles. The van der Waals surface area contributed by atoms with Gasteiger partial charge < -0.3 is 14.8 Å². The van der Waals surface area contributed by atoms with Gasteiger partial charge in [0.2, 0.25) is 5.56 Å². The molecule has 4 rings (SSSR count). The van der Waals surface area contributed by atoms with Crippen LogP contribution in [0.2, 0.25) is 5.02 Å². The highest BCUT2D eigenvalue weighted by molar-refractivity contribution is 6.33. The van der Waals surface area contributed by atoms with Crippen LogP contribution in [0.25, 0.3) is 10.9 Å². The highest BCUT2D eigenvalue weighted by Gasteiger charge is 2.24. The third-order valence-electron chi connectivity index (χ3n) is 4.74. The molecule has 1 aromatic heterocycles. The summed E-state index contributed by atoms with van der Waals surface area (Å²) in [6.07, 6.45) is 0. The summed E-state index contributed by atoms with van der Waals surface area (Å²) in [5, 5.41) is 1.48. The molecule has 132 valence electrons. The Bertz CT molecular complexity index is 1020. The van der Waals surface area contributed by atoms with Crippen molar-refractivity contribution in [2.24, 2.45) is 0 Å². The van der Waals surface area contributed by atoms with Crippen molar-refractivity contribution in [3.05, 3.63) is 75.5 Å². The molecule has 2 heterocycles. The number of pyridine rings is 1. The number of nitrogens with one attached hydrogen (secondary N) is 1. The molecule has 0 bridgehead atoms. The SMILES string of the molecule is O=C(c1cc(=O)[nH]c2ccccc12)N1CCN(c2ccccc2Cl)CC1. The standard InChI is InChI=1S/C20H18ClN3O2/c21-16-6-2-4-8-18(16)23-9-11-24(12-10-23)20(26)15-13-19(25)22-17-7-3-1-5-14(15)17/h1-8,13H,9-12H2,(H,22,25). The lowest BCUT2D eigenvalue weighted by atomic mass is 10.1. The minimum Gasteiger partial charge on any atom is -0.367 e. The summed E-state index contributed by atoms with van der Waals surface area (Å²) < 4.78 is 0. The number of aromatic amines is 1. The predicted octanol–water partition coefficient (Wildman–Crippen LogP) is 3.14. The molecule has 1 fully saturated rings. The number of amides is 1. The van der Waals surface area contributed by atoms with Crippen LogP contribution in [-0.4, -0.2) is 42.0 Å². The number of nitrogens with zero attached hydrogens (tertiary/aromatic N) is 2. The third-order valence-corrected chi connectivity index (χ3v) is 5.06. The van der Waals surface area contributed by atoms with E-state index >= 15 is 0 Å². The van der Waals surface area contributed by atoms with Crippen molar-refractivity contribution in [1.82, 2.24) is 9.88 Å². The number of para-hydroxylation sites is 2. The molecule has 2 aromatic carbocycles. The lowest BCUT2D eigenvalue weighted by molar-refractivity contribution is 0.0748. The number of piperazine rings is 1. The van der Waals surface area contributed by atoms with E-state index in [1.807, 2.05) is 48.5 Å². The van der Waals surface area contributed by atoms with E-state index in [-0.39, 0.29) is 11.5 Å². The van der Waals surface area contributed by atoms with Crippen LogP contribution in [0.1, 0.15) is 10.4 Å². The van der Waals surface area contributed by atoms with Crippen molar-refractivity contribution < 1.29 is 4.79 Å². The number of carbonyl (C=O) groups excluding carboxylic acids is 1. The van der Waals surface area contributed by atoms with E-state index in [0.29, 0.717) is 42.3 Å². The average Bonchev–Trinajstić information content (AvgIpc) is 2.67. The van der Waals surface area contributed by atoms with Crippen LogP contribution in [0.15, 0.2) is 59.4 Å². The molecule has 26 heavy (non-hydrogen) atoms. The van der Waals surface area contributed by atoms with Crippen molar-refractivity contribution in [3.63, 3.8) is 0 Å². The van der Waals surface area contributed by atoms with Crippen molar-refractivity contribution in [3.8, 4) is 0 Å². The largest absolute Gasteiger partial charge is 0.367 e. The molecule has 0 atom stereocenters. The van der Waals surface area contributed by atoms with Crippen LogP contribution < -0.4 is 10.5 Å². The number of hydrogen-bond donors (Lipinski definition) is 1. The average molecular weight is 368 g/mol. The molecule has 1 amide bonds. The third kappa shape index (κ3) is 3.06. The van der Waals surface area contributed by atoms with Gasteiger partial charge in [0.25, 0.3) is 5.91 Å². The Morgan fingerprint density at radius 3 is 2.42 bits per heavy atom. The lowest BCUT2D eigenvalue weighted by Crippen LogP contribution is -2.49. The Balaban J connectivity index is 1.56. The van der Waals surface area contributed by atoms with E-state index in [1.165, 1.54) is 6.07 Å². The second kappa shape index (κ2) is 6.84. The summed E-state index contributed by atoms with van der Waals surface area (Å²) in [6.45, 7) is 2.59. The van der Waals surface area contributed by atoms with Gasteiger partial charge in [-0.2, -0.15) is 0 Å². The van der Waals surface area contributed by atoms with Crippen molar-refractivity contribution in [2.45, 2.75) is 0 Å². The molecule has 3 aromatic rings. The normalized spacial score (nSPS) is 14.7. The number of rotatable bonds is 2. The molecule has 0 radical (unpaired) electrons. The van der Waals surface area contributed by atoms with Crippen molar-refractivity contribution in [1.29, 1.82) is 0 Å². The zero-order valence-electron chi connectivity index (χ0n) is 14.1. The molecule has 0 spiro atoms. The highest BCUT2D eigenvalue weighted by Crippen LogP contribution is 2.26. The zero-order chi connectivity index (χ0) is 18.1. The van der Waals surface area contributed by atoms with Gasteiger partial charge in [-0.1, -0.05) is 41.9 Å². The Morgan fingerprint density at radius 2 is 1.65 bits per heavy atom. The van der Waals surface area contributed by atoms with E-state index in [0.717, 1.165) is 11.1 Å². The number of anilines is 1. The second-order valence-corrected chi connectivity index (χ2v) is 6.73. The van der Waals surface area contributed by atoms with E-state index in [1.54, 1.807) is 4.90 Å². The first-order valence-electron chi connectivity index (χ1n) is 8.54. The van der Waals surface area contributed by atoms with Gasteiger partial charge in [-0.15, -0.1) is 0 Å². The van der Waals surface area contributed by atoms with Gasteiger partial charge in [0.15, 0.2) is 0 Å². The zero-order valence-corrected chi connectivity index (χ0v) is 14.9. The molecule has 1 N–H and O–H groups in total. The van der Waals surface area contributed by atoms with E-state index in [2.05, 4.69) is 9.88 Å². The van der Waals surface area contributed by atoms with Crippen molar-refractivity contribution in [2.75, 3.05) is 31.1 Å². The fraction of sp³-hybridized carbons (Fsp3) is 0.200. The Morgan fingerprint density at radius 1 is 0.962 bits per heavy atom. The van der Waals surface area contributed by atoms with Crippen LogP contribution >= 0.6 is 11.6 Å². The topological polar surface area (TPSA) is 56.4 Å². The Hall–Kier alpha value is -2.79. The van der Waals surface area contributed by atoms with Gasteiger partial charge in [-0.05, 0) is 18.2 Å². The lowest BCUT2D eigenvalue weighted by Gasteiger charge is -2.36. The number of benzene rings is 2. The number of fused-ring (bicyclic) bond motifs is 1. The van der Waals surface area contributed by atoms with Gasteiger partial charge in [-0.3, -0.25) is 9.59 Å². The number of H-pyrrole nitrogens is 1. The minimum absolute atomic E-state index is 0.105. The molecule has 1 aliphatic rings. The van der Waals surface area contributed by atoms with Gasteiger partial charge in [0, 0.05) is 43.1 Å². The van der Waals surface area contributed by atoms with Crippen LogP contribution in [0.3, 0.4) is 0 Å². The predicted molar refractivity (Wildman–Crippen MR) is 104 cm³/mol. The van der Waals surface area contributed by atoms with Crippen LogP contribution in [0.5, 0.6) is 0 Å². The smallest absolute Gasteiger partial charge is 0.254 e. The first-order valence-corrected chi connectivity index (χ1v) is 8.92. The summed E-state index contributed by atoms with van der Waals surface area (Å²) in [5.74, 6) is -0.105. The molecule has 0 unspecified atom stereocenters. The van der Waals surface area contributed by atoms with Crippen molar-refractivity contribution >= 4 is 34.1 Å². The van der Waals surface area contributed by atoms with Crippen LogP contribution in [-0.2, 0) is 0 Å². The first-order chi connectivity index (χ1) is 12.6. The summed E-state index contributed by atoms with van der Waals surface area (Å²) in [6, 6.07) is 16.5. The molecule has 5 nitrogen and oxygen atoms in total. The Labute approximate surface area is 155 Å². The monoisotopic (exact) mass is 367 g/mol. The fourth-order valence-corrected chi connectivity index (χ4v) is 3.67. The summed E-state index contributed by atoms with van der Waals surface area (Å²) in [5.41, 5.74) is 1.86. The van der Waals surface area contributed by atoms with Gasteiger partial charge >= 0.3 is 0 Å². The van der Waals surface area contributed by atoms with Gasteiger partial charge in [0.1, 0.15) is 0 Å². The number of carbonyl (C=O) groups is 1. The molecular formula is C20H18ClN3O2. The van der Waals surface area contributed by atoms with Gasteiger partial charge in [-0.25, -0.2) is 0 Å². The maximum Gasteiger partial charge on any atom is 0.254 e. The first kappa shape index (κ1) is 16.7. The minimum atomic E-state index is -0.262. The number of aromatic nitrogens is 1. The molecular weight excluding hydrogens is 350 g/mol. The van der Waals surface area contributed by atoms with E-state index in [9.17, 15) is 9.59 Å². The second-order valence-electron chi connectivity index (χ2n) is 6.32. The van der Waals surface area contributed by atoms with E-state index < -0.39 is 0 Å². The summed E-state index contributed by atoms with van der Waals surface area (Å²) in [7, 11) is 0. The molecule has 1 saturated heterocycles. The highest BCUT2D eigenvalue weighted by atomic mass is 35.5. The van der Waals surface area contributed by atoms with Crippen LogP contribution in [0.4, 0.5) is 5.69 Å². The summed E-state index contributed by atoms with van der Waals surface area (Å²) >= 11 is 6.27. The molecule has 0 aliphatic carbocycles. The maximum atomic E-state index is 13.0. The number of halogens is 1. The quantitative estimate of drug-likeness (QED) is 0.757. The van der Waals surface area contributed by atoms with Gasteiger partial charge in [0.05, 0.1) is 16.3 Å². The van der Waals surface area contributed by atoms with E-state index in [4.69, 9.17) is 11.6 Å². The van der Waals surface area contributed by atoms with Crippen LogP contribution in [0, 0.1) is 0 Å². The molecule has 0 saturated carbocycles.